The molecule has 9 nitrogen and oxygen atoms in total. The van der Waals surface area contributed by atoms with Gasteiger partial charge in [-0.2, -0.15) is 0 Å². The number of likely N-dealkylation sites (tertiary alicyclic amines) is 1. The standard InChI is InChI=1S/C30H29ClN4O5/c1-18-26(35(32)29(38)39-19(2)24-6-4-5-7-25(24)31)27(40-33-18)22-10-8-20(9-11-22)21-12-14-23(15-13-21)30(28(36)37)16-34(3)17-30/h4-15,19H,16-17,32H2,1-3H3,(H,36,37)/t19-/m1/s1. The average Bonchev–Trinajstić information content (AvgIpc) is 3.32. The van der Waals surface area contributed by atoms with Crippen molar-refractivity contribution < 1.29 is 24.0 Å². The number of likely N-dealkylation sites (N-methyl/N-ethyl adjacent to an activating group) is 1. The van der Waals surface area contributed by atoms with Gasteiger partial charge in [-0.15, -0.1) is 0 Å². The molecular formula is C30H29ClN4O5. The molecule has 206 valence electrons. The van der Waals surface area contributed by atoms with Crippen LogP contribution in [0.25, 0.3) is 22.5 Å². The van der Waals surface area contributed by atoms with E-state index in [9.17, 15) is 14.7 Å². The predicted octanol–water partition coefficient (Wildman–Crippen LogP) is 5.82. The van der Waals surface area contributed by atoms with E-state index in [4.69, 9.17) is 26.7 Å². The Labute approximate surface area is 236 Å². The summed E-state index contributed by atoms with van der Waals surface area (Å²) in [4.78, 5) is 26.8. The normalized spacial score (nSPS) is 15.2. The number of nitrogens with zero attached hydrogens (tertiary/aromatic N) is 3. The molecule has 1 saturated heterocycles. The van der Waals surface area contributed by atoms with E-state index < -0.39 is 23.6 Å². The van der Waals surface area contributed by atoms with Crippen LogP contribution >= 0.6 is 11.6 Å². The van der Waals surface area contributed by atoms with E-state index in [1.165, 1.54) is 0 Å². The quantitative estimate of drug-likeness (QED) is 0.165. The van der Waals surface area contributed by atoms with Gasteiger partial charge in [0.05, 0.1) is 0 Å². The summed E-state index contributed by atoms with van der Waals surface area (Å²) in [6, 6.07) is 22.2. The molecule has 1 aromatic heterocycles. The van der Waals surface area contributed by atoms with Gasteiger partial charge < -0.3 is 19.3 Å². The minimum atomic E-state index is -0.863. The number of ether oxygens (including phenoxy) is 1. The zero-order valence-corrected chi connectivity index (χ0v) is 23.1. The van der Waals surface area contributed by atoms with Crippen molar-refractivity contribution in [1.82, 2.24) is 10.1 Å². The summed E-state index contributed by atoms with van der Waals surface area (Å²) in [6.07, 6.45) is -1.41. The second-order valence-corrected chi connectivity index (χ2v) is 10.5. The lowest BCUT2D eigenvalue weighted by molar-refractivity contribution is -0.150. The van der Waals surface area contributed by atoms with Crippen molar-refractivity contribution in [2.24, 2.45) is 5.84 Å². The summed E-state index contributed by atoms with van der Waals surface area (Å²) < 4.78 is 11.1. The number of hydrazine groups is 1. The van der Waals surface area contributed by atoms with Crippen molar-refractivity contribution in [2.75, 3.05) is 25.1 Å². The van der Waals surface area contributed by atoms with Crippen molar-refractivity contribution in [3.8, 4) is 22.5 Å². The highest BCUT2D eigenvalue weighted by Gasteiger charge is 2.49. The molecule has 0 radical (unpaired) electrons. The number of hydrogen-bond donors (Lipinski definition) is 2. The molecule has 2 heterocycles. The summed E-state index contributed by atoms with van der Waals surface area (Å²) in [5.41, 5.74) is 3.84. The molecular weight excluding hydrogens is 532 g/mol. The second kappa shape index (κ2) is 10.8. The smallest absolute Gasteiger partial charge is 0.429 e. The Bertz CT molecular complexity index is 1550. The first-order valence-electron chi connectivity index (χ1n) is 12.7. The molecule has 0 bridgehead atoms. The van der Waals surface area contributed by atoms with E-state index in [1.807, 2.05) is 66.5 Å². The van der Waals surface area contributed by atoms with Crippen molar-refractivity contribution in [1.29, 1.82) is 0 Å². The number of carbonyl (C=O) groups excluding carboxylic acids is 1. The number of aryl methyl sites for hydroxylation is 1. The van der Waals surface area contributed by atoms with E-state index >= 15 is 0 Å². The largest absolute Gasteiger partial charge is 0.481 e. The highest BCUT2D eigenvalue weighted by atomic mass is 35.5. The van der Waals surface area contributed by atoms with Crippen LogP contribution in [0.3, 0.4) is 0 Å². The van der Waals surface area contributed by atoms with Crippen LogP contribution in [0.2, 0.25) is 5.02 Å². The van der Waals surface area contributed by atoms with Crippen LogP contribution in [0.4, 0.5) is 10.5 Å². The number of aromatic nitrogens is 1. The van der Waals surface area contributed by atoms with Crippen LogP contribution in [-0.2, 0) is 14.9 Å². The number of hydrogen-bond acceptors (Lipinski definition) is 7. The van der Waals surface area contributed by atoms with Gasteiger partial charge in [0.25, 0.3) is 0 Å². The van der Waals surface area contributed by atoms with E-state index in [2.05, 4.69) is 5.16 Å². The Balaban J connectivity index is 1.34. The summed E-state index contributed by atoms with van der Waals surface area (Å²) >= 11 is 6.24. The van der Waals surface area contributed by atoms with E-state index in [0.29, 0.717) is 40.7 Å². The molecule has 1 aliphatic rings. The molecule has 40 heavy (non-hydrogen) atoms. The van der Waals surface area contributed by atoms with Gasteiger partial charge in [-0.05, 0) is 43.7 Å². The van der Waals surface area contributed by atoms with Gasteiger partial charge in [0, 0.05) is 29.2 Å². The molecule has 3 aromatic carbocycles. The molecule has 1 amide bonds. The van der Waals surface area contributed by atoms with Crippen molar-refractivity contribution in [3.63, 3.8) is 0 Å². The average molecular weight is 561 g/mol. The van der Waals surface area contributed by atoms with Gasteiger partial charge in [0.15, 0.2) is 5.76 Å². The van der Waals surface area contributed by atoms with Crippen LogP contribution in [0.1, 0.15) is 29.8 Å². The fraction of sp³-hybridized carbons (Fsp3) is 0.233. The number of carboxylic acid groups (broad SMARTS) is 1. The first-order valence-corrected chi connectivity index (χ1v) is 13.1. The minimum absolute atomic E-state index is 0.290. The third kappa shape index (κ3) is 4.95. The molecule has 0 saturated carbocycles. The van der Waals surface area contributed by atoms with E-state index in [1.54, 1.807) is 32.0 Å². The second-order valence-electron chi connectivity index (χ2n) is 10.1. The molecule has 5 rings (SSSR count). The van der Waals surface area contributed by atoms with Crippen LogP contribution < -0.4 is 10.9 Å². The maximum atomic E-state index is 12.9. The monoisotopic (exact) mass is 560 g/mol. The first kappa shape index (κ1) is 27.4. The van der Waals surface area contributed by atoms with Crippen molar-refractivity contribution >= 4 is 29.4 Å². The number of carboxylic acids is 1. The zero-order chi connectivity index (χ0) is 28.6. The Kier molecular flexibility index (Phi) is 7.37. The summed E-state index contributed by atoms with van der Waals surface area (Å²) in [5, 5.41) is 15.2. The highest BCUT2D eigenvalue weighted by Crippen LogP contribution is 2.37. The van der Waals surface area contributed by atoms with E-state index in [-0.39, 0.29) is 5.69 Å². The van der Waals surface area contributed by atoms with Gasteiger partial charge in [-0.3, -0.25) is 4.79 Å². The van der Waals surface area contributed by atoms with Gasteiger partial charge in [0.1, 0.15) is 22.9 Å². The molecule has 1 fully saturated rings. The Morgan fingerprint density at radius 2 is 1.62 bits per heavy atom. The molecule has 4 aromatic rings. The number of nitrogens with two attached hydrogens (primary N) is 1. The Morgan fingerprint density at radius 1 is 1.05 bits per heavy atom. The van der Waals surface area contributed by atoms with Crippen LogP contribution in [0.5, 0.6) is 0 Å². The fourth-order valence-electron chi connectivity index (χ4n) is 5.12. The third-order valence-corrected chi connectivity index (χ3v) is 7.64. The number of aliphatic carboxylic acids is 1. The molecule has 0 unspecified atom stereocenters. The third-order valence-electron chi connectivity index (χ3n) is 7.30. The number of halogens is 1. The van der Waals surface area contributed by atoms with Crippen molar-refractivity contribution in [2.45, 2.75) is 25.4 Å². The lowest BCUT2D eigenvalue weighted by Crippen LogP contribution is -2.61. The van der Waals surface area contributed by atoms with Gasteiger partial charge >= 0.3 is 12.1 Å². The minimum Gasteiger partial charge on any atom is -0.481 e. The van der Waals surface area contributed by atoms with Crippen LogP contribution in [-0.4, -0.2) is 47.4 Å². The molecule has 3 N–H and O–H groups in total. The molecule has 0 aliphatic carbocycles. The number of carbonyl (C=O) groups is 2. The topological polar surface area (TPSA) is 122 Å². The van der Waals surface area contributed by atoms with Gasteiger partial charge in [0.2, 0.25) is 0 Å². The maximum absolute atomic E-state index is 12.9. The molecule has 0 spiro atoms. The number of rotatable bonds is 7. The Hall–Kier alpha value is -4.18. The highest BCUT2D eigenvalue weighted by molar-refractivity contribution is 6.31. The lowest BCUT2D eigenvalue weighted by Gasteiger charge is -2.45. The zero-order valence-electron chi connectivity index (χ0n) is 22.3. The van der Waals surface area contributed by atoms with Crippen LogP contribution in [0.15, 0.2) is 77.3 Å². The van der Waals surface area contributed by atoms with Gasteiger partial charge in [-0.1, -0.05) is 83.5 Å². The van der Waals surface area contributed by atoms with Crippen LogP contribution in [0, 0.1) is 6.92 Å². The lowest BCUT2D eigenvalue weighted by atomic mass is 9.74. The van der Waals surface area contributed by atoms with Crippen molar-refractivity contribution in [3.05, 3.63) is 94.6 Å². The summed E-state index contributed by atoms with van der Waals surface area (Å²) in [7, 11) is 1.91. The first-order chi connectivity index (χ1) is 19.1. The SMILES string of the molecule is Cc1noc(-c2ccc(-c3ccc(C4(C(=O)O)CN(C)C4)cc3)cc2)c1N(N)C(=O)O[C@H](C)c1ccccc1Cl. The molecule has 1 atom stereocenters. The van der Waals surface area contributed by atoms with Gasteiger partial charge in [-0.25, -0.2) is 15.6 Å². The van der Waals surface area contributed by atoms with E-state index in [0.717, 1.165) is 21.7 Å². The number of anilines is 1. The molecule has 10 heteroatoms. The number of amides is 1. The maximum Gasteiger partial charge on any atom is 0.429 e. The fourth-order valence-corrected chi connectivity index (χ4v) is 5.41. The summed E-state index contributed by atoms with van der Waals surface area (Å²) in [5.74, 6) is 5.70. The predicted molar refractivity (Wildman–Crippen MR) is 152 cm³/mol. The summed E-state index contributed by atoms with van der Waals surface area (Å²) in [6.45, 7) is 4.37. The number of benzene rings is 3. The molecule has 1 aliphatic heterocycles. The Morgan fingerprint density at radius 3 is 2.20 bits per heavy atom.